The van der Waals surface area contributed by atoms with Gasteiger partial charge in [-0.05, 0) is 49.4 Å². The van der Waals surface area contributed by atoms with E-state index in [-0.39, 0.29) is 29.6 Å². The van der Waals surface area contributed by atoms with Crippen molar-refractivity contribution >= 4 is 40.5 Å². The topological polar surface area (TPSA) is 162 Å². The van der Waals surface area contributed by atoms with Gasteiger partial charge in [-0.1, -0.05) is 0 Å². The Morgan fingerprint density at radius 3 is 2.58 bits per heavy atom. The Bertz CT molecular complexity index is 1330. The van der Waals surface area contributed by atoms with E-state index in [2.05, 4.69) is 25.5 Å². The fourth-order valence-electron chi connectivity index (χ4n) is 2.93. The Morgan fingerprint density at radius 2 is 1.88 bits per heavy atom. The van der Waals surface area contributed by atoms with Gasteiger partial charge < -0.3 is 20.5 Å². The normalized spacial score (nSPS) is 10.6. The van der Waals surface area contributed by atoms with Gasteiger partial charge in [-0.3, -0.25) is 14.9 Å². The number of H-pyrrole nitrogens is 1. The van der Waals surface area contributed by atoms with Crippen molar-refractivity contribution in [2.45, 2.75) is 6.92 Å². The van der Waals surface area contributed by atoms with Gasteiger partial charge in [0.1, 0.15) is 17.1 Å². The largest absolute Gasteiger partial charge is 0.462 e. The molecule has 0 spiro atoms. The van der Waals surface area contributed by atoms with Crippen molar-refractivity contribution in [3.8, 4) is 5.75 Å². The van der Waals surface area contributed by atoms with E-state index in [9.17, 15) is 14.4 Å². The molecule has 166 valence electrons. The van der Waals surface area contributed by atoms with Crippen molar-refractivity contribution < 1.29 is 23.9 Å². The zero-order valence-corrected chi connectivity index (χ0v) is 17.4. The second kappa shape index (κ2) is 9.14. The first kappa shape index (κ1) is 21.4. The minimum Gasteiger partial charge on any atom is -0.462 e. The highest BCUT2D eigenvalue weighted by molar-refractivity contribution is 6.09. The van der Waals surface area contributed by atoms with Gasteiger partial charge in [-0.15, -0.1) is 0 Å². The Kier molecular flexibility index (Phi) is 5.94. The van der Waals surface area contributed by atoms with Crippen LogP contribution < -0.4 is 15.8 Å². The number of esters is 2. The smallest absolute Gasteiger partial charge is 0.345 e. The number of anilines is 2. The molecule has 4 N–H and O–H groups in total. The number of carbonyl (C=O) groups excluding carboxylic acids is 3. The molecule has 4 aromatic rings. The number of aromatic amines is 1. The number of nitrogens with one attached hydrogen (secondary N) is 2. The van der Waals surface area contributed by atoms with Crippen LogP contribution in [0.1, 0.15) is 38.0 Å². The summed E-state index contributed by atoms with van der Waals surface area (Å²) < 4.78 is 10.2. The lowest BCUT2D eigenvalue weighted by molar-refractivity contribution is 0.0527. The molecule has 3 aromatic heterocycles. The van der Waals surface area contributed by atoms with Crippen molar-refractivity contribution in [2.75, 3.05) is 17.7 Å². The fourth-order valence-corrected chi connectivity index (χ4v) is 2.93. The van der Waals surface area contributed by atoms with E-state index in [0.29, 0.717) is 22.2 Å². The predicted octanol–water partition coefficient (Wildman–Crippen LogP) is 2.58. The van der Waals surface area contributed by atoms with Crippen molar-refractivity contribution in [3.63, 3.8) is 0 Å². The number of nitrogen functional groups attached to an aromatic ring is 1. The van der Waals surface area contributed by atoms with Crippen molar-refractivity contribution in [1.82, 2.24) is 20.2 Å². The molecule has 11 nitrogen and oxygen atoms in total. The van der Waals surface area contributed by atoms with Crippen LogP contribution in [0.3, 0.4) is 0 Å². The van der Waals surface area contributed by atoms with Gasteiger partial charge in [0.2, 0.25) is 0 Å². The zero-order valence-electron chi connectivity index (χ0n) is 17.4. The number of benzene rings is 1. The van der Waals surface area contributed by atoms with Gasteiger partial charge in [-0.25, -0.2) is 14.6 Å². The van der Waals surface area contributed by atoms with Crippen LogP contribution in [-0.2, 0) is 4.74 Å². The molecule has 0 unspecified atom stereocenters. The maximum atomic E-state index is 12.7. The molecular formula is C22H18N6O5. The summed E-state index contributed by atoms with van der Waals surface area (Å²) in [6.45, 7) is 1.85. The molecular weight excluding hydrogens is 428 g/mol. The highest BCUT2D eigenvalue weighted by atomic mass is 16.5. The summed E-state index contributed by atoms with van der Waals surface area (Å²) in [5.74, 6) is -1.24. The first-order valence-corrected chi connectivity index (χ1v) is 9.81. The highest BCUT2D eigenvalue weighted by Gasteiger charge is 2.18. The molecule has 0 aliphatic heterocycles. The molecule has 1 amide bonds. The first-order valence-electron chi connectivity index (χ1n) is 9.81. The lowest BCUT2D eigenvalue weighted by Crippen LogP contribution is -2.13. The second-order valence-corrected chi connectivity index (χ2v) is 6.72. The Morgan fingerprint density at radius 1 is 1.09 bits per heavy atom. The van der Waals surface area contributed by atoms with Gasteiger partial charge in [0, 0.05) is 18.0 Å². The van der Waals surface area contributed by atoms with E-state index in [1.54, 1.807) is 25.3 Å². The number of ether oxygens (including phenoxy) is 2. The summed E-state index contributed by atoms with van der Waals surface area (Å²) in [5.41, 5.74) is 6.79. The summed E-state index contributed by atoms with van der Waals surface area (Å²) in [4.78, 5) is 44.8. The average Bonchev–Trinajstić information content (AvgIpc) is 3.20. The van der Waals surface area contributed by atoms with Crippen LogP contribution in [-0.4, -0.2) is 44.6 Å². The van der Waals surface area contributed by atoms with Crippen LogP contribution in [0, 0.1) is 0 Å². The minimum absolute atomic E-state index is 0.0149. The second-order valence-electron chi connectivity index (χ2n) is 6.72. The first-order chi connectivity index (χ1) is 16.0. The number of nitrogens with zero attached hydrogens (tertiary/aromatic N) is 3. The molecule has 0 fully saturated rings. The number of carbonyl (C=O) groups is 3. The number of rotatable bonds is 6. The third-order valence-corrected chi connectivity index (χ3v) is 4.53. The Hall–Kier alpha value is -4.80. The van der Waals surface area contributed by atoms with Crippen LogP contribution in [0.15, 0.2) is 54.9 Å². The van der Waals surface area contributed by atoms with E-state index in [1.165, 1.54) is 36.5 Å². The van der Waals surface area contributed by atoms with Crippen LogP contribution in [0.25, 0.3) is 11.0 Å². The van der Waals surface area contributed by atoms with Crippen LogP contribution in [0.2, 0.25) is 0 Å². The summed E-state index contributed by atoms with van der Waals surface area (Å²) in [5, 5.41) is 9.74. The molecule has 0 saturated carbocycles. The molecule has 1 aromatic carbocycles. The van der Waals surface area contributed by atoms with Crippen molar-refractivity contribution in [2.24, 2.45) is 0 Å². The van der Waals surface area contributed by atoms with E-state index in [1.807, 2.05) is 0 Å². The van der Waals surface area contributed by atoms with Crippen LogP contribution in [0.5, 0.6) is 5.75 Å². The molecule has 0 aliphatic rings. The van der Waals surface area contributed by atoms with Crippen LogP contribution in [0.4, 0.5) is 11.6 Å². The number of nitrogens with two attached hydrogens (primary N) is 1. The minimum atomic E-state index is -0.626. The highest BCUT2D eigenvalue weighted by Crippen LogP contribution is 2.24. The van der Waals surface area contributed by atoms with Crippen molar-refractivity contribution in [1.29, 1.82) is 0 Å². The number of hydrogen-bond donors (Lipinski definition) is 3. The fraction of sp³-hybridized carbons (Fsp3) is 0.0909. The van der Waals surface area contributed by atoms with E-state index < -0.39 is 17.8 Å². The summed E-state index contributed by atoms with van der Waals surface area (Å²) in [6, 6.07) is 10.6. The molecule has 33 heavy (non-hydrogen) atoms. The zero-order chi connectivity index (χ0) is 23.4. The number of hydrogen-bond acceptors (Lipinski definition) is 9. The van der Waals surface area contributed by atoms with Gasteiger partial charge in [0.15, 0.2) is 11.5 Å². The number of amides is 1. The van der Waals surface area contributed by atoms with Crippen molar-refractivity contribution in [3.05, 3.63) is 71.5 Å². The average molecular weight is 446 g/mol. The molecule has 0 saturated heterocycles. The van der Waals surface area contributed by atoms with Gasteiger partial charge in [0.05, 0.1) is 17.6 Å². The number of aromatic nitrogens is 4. The van der Waals surface area contributed by atoms with Gasteiger partial charge in [0.25, 0.3) is 5.91 Å². The molecule has 11 heteroatoms. The molecule has 0 bridgehead atoms. The number of fused-ring (bicyclic) bond motifs is 1. The molecule has 0 aliphatic carbocycles. The molecule has 0 atom stereocenters. The Labute approximate surface area is 186 Å². The van der Waals surface area contributed by atoms with Crippen LogP contribution >= 0.6 is 0 Å². The predicted molar refractivity (Wildman–Crippen MR) is 118 cm³/mol. The Balaban J connectivity index is 1.49. The van der Waals surface area contributed by atoms with E-state index in [4.69, 9.17) is 15.2 Å². The standard InChI is InChI=1S/C22H18N6O5/c1-2-32-22(31)15-10-16-18(25-17(15)23)27-28-19(16)26-20(29)12-5-7-14(8-6-12)33-21(30)13-4-3-9-24-11-13/h3-11H,2H2,1H3,(H4,23,25,26,27,28,29). The molecule has 0 radical (unpaired) electrons. The summed E-state index contributed by atoms with van der Waals surface area (Å²) in [7, 11) is 0. The molecule has 3 heterocycles. The monoisotopic (exact) mass is 446 g/mol. The summed E-state index contributed by atoms with van der Waals surface area (Å²) in [6.07, 6.45) is 2.95. The van der Waals surface area contributed by atoms with E-state index in [0.717, 1.165) is 0 Å². The quantitative estimate of drug-likeness (QED) is 0.298. The number of pyridine rings is 2. The van der Waals surface area contributed by atoms with E-state index >= 15 is 0 Å². The lowest BCUT2D eigenvalue weighted by Gasteiger charge is -2.07. The maximum absolute atomic E-state index is 12.7. The van der Waals surface area contributed by atoms with Gasteiger partial charge in [-0.2, -0.15) is 5.10 Å². The third kappa shape index (κ3) is 4.61. The maximum Gasteiger partial charge on any atom is 0.345 e. The SMILES string of the molecule is CCOC(=O)c1cc2c(NC(=O)c3ccc(OC(=O)c4cccnc4)cc3)n[nH]c2nc1N. The van der Waals surface area contributed by atoms with Gasteiger partial charge >= 0.3 is 11.9 Å². The molecule has 4 rings (SSSR count). The summed E-state index contributed by atoms with van der Waals surface area (Å²) >= 11 is 0. The third-order valence-electron chi connectivity index (χ3n) is 4.53. The lowest BCUT2D eigenvalue weighted by atomic mass is 10.2.